The second-order valence-electron chi connectivity index (χ2n) is 7.32. The van der Waals surface area contributed by atoms with Crippen molar-refractivity contribution >= 4 is 28.7 Å². The van der Waals surface area contributed by atoms with Crippen LogP contribution in [0.1, 0.15) is 50.0 Å². The summed E-state index contributed by atoms with van der Waals surface area (Å²) in [5.41, 5.74) is 2.45. The lowest BCUT2D eigenvalue weighted by atomic mass is 10.1. The zero-order valence-electron chi connectivity index (χ0n) is 18.4. The van der Waals surface area contributed by atoms with Gasteiger partial charge in [0.15, 0.2) is 11.3 Å². The van der Waals surface area contributed by atoms with Gasteiger partial charge in [0.25, 0.3) is 5.91 Å². The maximum atomic E-state index is 12.9. The highest BCUT2D eigenvalue weighted by Crippen LogP contribution is 2.22. The Hall–Kier alpha value is -3.20. The minimum absolute atomic E-state index is 0.283. The lowest BCUT2D eigenvalue weighted by Crippen LogP contribution is -2.21. The number of hydrogen-bond donors (Lipinski definition) is 3. The standard InChI is InChI=1S/C22H31N7O2/c1-4-7-16(5-2)26-20-14-18(24-10-6-13-31-3)21-25-15-19(29(21)28-20)22(30)27-17-8-11-23-12-9-17/h8-9,11-12,14-16,24H,4-7,10,13H2,1-3H3,(H,26,28)(H,23,27,30). The van der Waals surface area contributed by atoms with E-state index >= 15 is 0 Å². The van der Waals surface area contributed by atoms with Crippen molar-refractivity contribution in [3.05, 3.63) is 42.5 Å². The van der Waals surface area contributed by atoms with Gasteiger partial charge in [-0.05, 0) is 31.4 Å². The fraction of sp³-hybridized carbons (Fsp3) is 0.455. The van der Waals surface area contributed by atoms with Gasteiger partial charge in [0, 0.05) is 50.5 Å². The quantitative estimate of drug-likeness (QED) is 0.379. The van der Waals surface area contributed by atoms with E-state index in [1.54, 1.807) is 42.3 Å². The average Bonchev–Trinajstić information content (AvgIpc) is 3.21. The molecular formula is C22H31N7O2. The number of hydrogen-bond acceptors (Lipinski definition) is 7. The number of fused-ring (bicyclic) bond motifs is 1. The third-order valence-corrected chi connectivity index (χ3v) is 4.96. The second kappa shape index (κ2) is 11.3. The van der Waals surface area contributed by atoms with Crippen LogP contribution >= 0.6 is 0 Å². The van der Waals surface area contributed by atoms with Crippen molar-refractivity contribution in [2.24, 2.45) is 0 Å². The van der Waals surface area contributed by atoms with E-state index in [2.05, 4.69) is 44.9 Å². The van der Waals surface area contributed by atoms with Gasteiger partial charge in [-0.3, -0.25) is 9.78 Å². The van der Waals surface area contributed by atoms with Crippen LogP contribution in [-0.4, -0.2) is 51.8 Å². The normalized spacial score (nSPS) is 12.0. The molecule has 166 valence electrons. The molecule has 0 bridgehead atoms. The van der Waals surface area contributed by atoms with Crippen LogP contribution in [0.15, 0.2) is 36.8 Å². The van der Waals surface area contributed by atoms with E-state index in [4.69, 9.17) is 4.74 Å². The number of ether oxygens (including phenoxy) is 1. The number of carbonyl (C=O) groups excluding carboxylic acids is 1. The van der Waals surface area contributed by atoms with Gasteiger partial charge in [-0.25, -0.2) is 9.50 Å². The predicted octanol–water partition coefficient (Wildman–Crippen LogP) is 3.82. The number of amides is 1. The molecule has 3 rings (SSSR count). The molecule has 3 aromatic rings. The molecule has 3 N–H and O–H groups in total. The van der Waals surface area contributed by atoms with E-state index in [1.165, 1.54) is 0 Å². The van der Waals surface area contributed by atoms with Crippen molar-refractivity contribution in [2.75, 3.05) is 36.2 Å². The third-order valence-electron chi connectivity index (χ3n) is 4.96. The number of rotatable bonds is 12. The first-order valence-electron chi connectivity index (χ1n) is 10.8. The molecule has 9 heteroatoms. The van der Waals surface area contributed by atoms with E-state index in [1.807, 2.05) is 6.07 Å². The molecule has 0 spiro atoms. The zero-order valence-corrected chi connectivity index (χ0v) is 18.4. The van der Waals surface area contributed by atoms with E-state index < -0.39 is 0 Å². The molecule has 0 aliphatic heterocycles. The first-order chi connectivity index (χ1) is 15.2. The first kappa shape index (κ1) is 22.5. The predicted molar refractivity (Wildman–Crippen MR) is 123 cm³/mol. The van der Waals surface area contributed by atoms with Crippen LogP contribution < -0.4 is 16.0 Å². The molecule has 3 aromatic heterocycles. The van der Waals surface area contributed by atoms with Crippen LogP contribution in [0.2, 0.25) is 0 Å². The van der Waals surface area contributed by atoms with Crippen molar-refractivity contribution < 1.29 is 9.53 Å². The maximum Gasteiger partial charge on any atom is 0.276 e. The molecule has 0 saturated carbocycles. The molecule has 0 radical (unpaired) electrons. The lowest BCUT2D eigenvalue weighted by molar-refractivity contribution is 0.102. The fourth-order valence-corrected chi connectivity index (χ4v) is 3.33. The van der Waals surface area contributed by atoms with Crippen molar-refractivity contribution in [1.82, 2.24) is 19.6 Å². The molecule has 31 heavy (non-hydrogen) atoms. The smallest absolute Gasteiger partial charge is 0.276 e. The van der Waals surface area contributed by atoms with Gasteiger partial charge >= 0.3 is 0 Å². The van der Waals surface area contributed by atoms with Crippen LogP contribution in [0.3, 0.4) is 0 Å². The summed E-state index contributed by atoms with van der Waals surface area (Å²) < 4.78 is 6.73. The Balaban J connectivity index is 1.92. The highest BCUT2D eigenvalue weighted by molar-refractivity contribution is 6.03. The number of anilines is 3. The Morgan fingerprint density at radius 1 is 1.26 bits per heavy atom. The summed E-state index contributed by atoms with van der Waals surface area (Å²) in [6.07, 6.45) is 8.79. The Bertz CT molecular complexity index is 975. The molecule has 0 aliphatic rings. The Kier molecular flexibility index (Phi) is 8.17. The molecule has 1 atom stereocenters. The van der Waals surface area contributed by atoms with E-state index in [0.29, 0.717) is 35.5 Å². The average molecular weight is 426 g/mol. The number of methoxy groups -OCH3 is 1. The van der Waals surface area contributed by atoms with E-state index in [9.17, 15) is 4.79 Å². The van der Waals surface area contributed by atoms with Gasteiger partial charge in [-0.2, -0.15) is 0 Å². The summed E-state index contributed by atoms with van der Waals surface area (Å²) >= 11 is 0. The summed E-state index contributed by atoms with van der Waals surface area (Å²) in [4.78, 5) is 21.3. The number of aromatic nitrogens is 4. The highest BCUT2D eigenvalue weighted by atomic mass is 16.5. The van der Waals surface area contributed by atoms with Gasteiger partial charge in [-0.15, -0.1) is 5.10 Å². The van der Waals surface area contributed by atoms with Crippen LogP contribution in [0, 0.1) is 0 Å². The van der Waals surface area contributed by atoms with Crippen LogP contribution in [-0.2, 0) is 4.74 Å². The van der Waals surface area contributed by atoms with Crippen LogP contribution in [0.4, 0.5) is 17.2 Å². The molecule has 9 nitrogen and oxygen atoms in total. The summed E-state index contributed by atoms with van der Waals surface area (Å²) in [6.45, 7) is 5.72. The van der Waals surface area contributed by atoms with E-state index in [-0.39, 0.29) is 5.91 Å². The highest BCUT2D eigenvalue weighted by Gasteiger charge is 2.18. The van der Waals surface area contributed by atoms with Gasteiger partial charge < -0.3 is 20.7 Å². The number of carbonyl (C=O) groups is 1. The minimum atomic E-state index is -0.283. The van der Waals surface area contributed by atoms with Gasteiger partial charge in [0.2, 0.25) is 0 Å². The molecule has 1 unspecified atom stereocenters. The fourth-order valence-electron chi connectivity index (χ4n) is 3.33. The summed E-state index contributed by atoms with van der Waals surface area (Å²) in [6, 6.07) is 5.74. The Labute approximate surface area is 182 Å². The monoisotopic (exact) mass is 425 g/mol. The topological polar surface area (TPSA) is 105 Å². The number of imidazole rings is 1. The van der Waals surface area contributed by atoms with Gasteiger partial charge in [0.1, 0.15) is 5.82 Å². The summed E-state index contributed by atoms with van der Waals surface area (Å²) in [5, 5.41) is 14.5. The third kappa shape index (κ3) is 5.91. The molecular weight excluding hydrogens is 394 g/mol. The Morgan fingerprint density at radius 3 is 2.77 bits per heavy atom. The number of pyridine rings is 1. The van der Waals surface area contributed by atoms with E-state index in [0.717, 1.165) is 37.9 Å². The molecule has 0 fully saturated rings. The largest absolute Gasteiger partial charge is 0.385 e. The lowest BCUT2D eigenvalue weighted by Gasteiger charge is -2.18. The zero-order chi connectivity index (χ0) is 22.1. The summed E-state index contributed by atoms with van der Waals surface area (Å²) in [5.74, 6) is 0.423. The van der Waals surface area contributed by atoms with Crippen molar-refractivity contribution in [2.45, 2.75) is 45.6 Å². The SMILES string of the molecule is CCCC(CC)Nc1cc(NCCCOC)c2ncc(C(=O)Nc3ccncc3)n2n1. The molecule has 0 aliphatic carbocycles. The van der Waals surface area contributed by atoms with Crippen molar-refractivity contribution in [3.63, 3.8) is 0 Å². The first-order valence-corrected chi connectivity index (χ1v) is 10.8. The number of nitrogens with zero attached hydrogens (tertiary/aromatic N) is 4. The molecule has 1 amide bonds. The minimum Gasteiger partial charge on any atom is -0.385 e. The van der Waals surface area contributed by atoms with Crippen LogP contribution in [0.25, 0.3) is 5.65 Å². The second-order valence-corrected chi connectivity index (χ2v) is 7.32. The van der Waals surface area contributed by atoms with Crippen molar-refractivity contribution in [3.8, 4) is 0 Å². The van der Waals surface area contributed by atoms with Crippen molar-refractivity contribution in [1.29, 1.82) is 0 Å². The summed E-state index contributed by atoms with van der Waals surface area (Å²) in [7, 11) is 1.69. The molecule has 0 aromatic carbocycles. The van der Waals surface area contributed by atoms with Gasteiger partial charge in [-0.1, -0.05) is 20.3 Å². The molecule has 3 heterocycles. The van der Waals surface area contributed by atoms with Crippen LogP contribution in [0.5, 0.6) is 0 Å². The maximum absolute atomic E-state index is 12.9. The van der Waals surface area contributed by atoms with Gasteiger partial charge in [0.05, 0.1) is 11.9 Å². The molecule has 0 saturated heterocycles. The Morgan fingerprint density at radius 2 is 2.06 bits per heavy atom. The number of nitrogens with one attached hydrogen (secondary N) is 3.